The molecule has 0 spiro atoms. The van der Waals surface area contributed by atoms with Gasteiger partial charge in [0, 0.05) is 0 Å². The van der Waals surface area contributed by atoms with Crippen LogP contribution in [0.15, 0.2) is 24.5 Å². The summed E-state index contributed by atoms with van der Waals surface area (Å²) in [5.41, 5.74) is 0.0740. The molecular formula is C16H22BClN4O3. The van der Waals surface area contributed by atoms with Crippen LogP contribution >= 0.6 is 11.6 Å². The third-order valence-electron chi connectivity index (χ3n) is 4.64. The summed E-state index contributed by atoms with van der Waals surface area (Å²) >= 11 is 6.29. The lowest BCUT2D eigenvalue weighted by Gasteiger charge is -2.32. The summed E-state index contributed by atoms with van der Waals surface area (Å²) < 4.78 is 19.7. The van der Waals surface area contributed by atoms with Gasteiger partial charge in [0.25, 0.3) is 0 Å². The van der Waals surface area contributed by atoms with Crippen LogP contribution in [0.3, 0.4) is 0 Å². The van der Waals surface area contributed by atoms with E-state index in [1.807, 2.05) is 46.8 Å². The summed E-state index contributed by atoms with van der Waals surface area (Å²) in [6.07, 6.45) is 1.39. The molecule has 1 fully saturated rings. The fourth-order valence-electron chi connectivity index (χ4n) is 2.52. The Morgan fingerprint density at radius 1 is 1.24 bits per heavy atom. The van der Waals surface area contributed by atoms with Crippen LogP contribution in [0.4, 0.5) is 0 Å². The third kappa shape index (κ3) is 3.81. The number of tetrazole rings is 1. The van der Waals surface area contributed by atoms with Gasteiger partial charge in [0.15, 0.2) is 0 Å². The molecule has 7 nitrogen and oxygen atoms in total. The van der Waals surface area contributed by atoms with Crippen molar-refractivity contribution in [3.8, 4) is 5.75 Å². The van der Waals surface area contributed by atoms with Crippen molar-refractivity contribution in [2.24, 2.45) is 0 Å². The summed E-state index contributed by atoms with van der Waals surface area (Å²) in [7, 11) is -0.459. The molecule has 2 aromatic rings. The molecule has 134 valence electrons. The molecule has 3 rings (SSSR count). The van der Waals surface area contributed by atoms with Gasteiger partial charge >= 0.3 is 7.12 Å². The maximum atomic E-state index is 6.29. The molecule has 1 atom stereocenters. The van der Waals surface area contributed by atoms with Crippen molar-refractivity contribution in [1.82, 2.24) is 20.2 Å². The summed E-state index contributed by atoms with van der Waals surface area (Å²) in [6, 6.07) is 5.55. The Labute approximate surface area is 152 Å². The average molecular weight is 365 g/mol. The van der Waals surface area contributed by atoms with E-state index in [1.165, 1.54) is 0 Å². The van der Waals surface area contributed by atoms with E-state index in [0.29, 0.717) is 17.3 Å². The molecule has 1 aliphatic rings. The summed E-state index contributed by atoms with van der Waals surface area (Å²) in [5.74, 6) is 0.578. The number of halogens is 1. The van der Waals surface area contributed by atoms with E-state index in [4.69, 9.17) is 25.6 Å². The van der Waals surface area contributed by atoms with E-state index < -0.39 is 18.3 Å². The molecule has 0 bridgehead atoms. The average Bonchev–Trinajstić information content (AvgIpc) is 3.07. The second kappa shape index (κ2) is 6.59. The lowest BCUT2D eigenvalue weighted by atomic mass is 9.79. The van der Waals surface area contributed by atoms with E-state index in [-0.39, 0.29) is 6.10 Å². The quantitative estimate of drug-likeness (QED) is 0.757. The molecule has 1 aliphatic heterocycles. The number of benzene rings is 1. The van der Waals surface area contributed by atoms with Crippen molar-refractivity contribution >= 4 is 24.2 Å². The van der Waals surface area contributed by atoms with Gasteiger partial charge in [-0.15, -0.1) is 5.10 Å². The molecule has 1 saturated heterocycles. The standard InChI is InChI=1S/C16H22BClN4O3/c1-11(9-22-10-19-20-21-22)23-14-8-12(6-7-13(14)18)17-24-15(2,3)16(4,5)25-17/h6-8,10-11H,9H2,1-5H3. The molecule has 0 N–H and O–H groups in total. The Morgan fingerprint density at radius 2 is 1.92 bits per heavy atom. The van der Waals surface area contributed by atoms with Crippen LogP contribution in [0.25, 0.3) is 0 Å². The second-order valence-corrected chi connectivity index (χ2v) is 7.65. The van der Waals surface area contributed by atoms with Gasteiger partial charge in [-0.3, -0.25) is 0 Å². The minimum Gasteiger partial charge on any atom is -0.487 e. The van der Waals surface area contributed by atoms with Crippen molar-refractivity contribution in [1.29, 1.82) is 0 Å². The van der Waals surface area contributed by atoms with Gasteiger partial charge in [-0.05, 0) is 62.6 Å². The number of aromatic nitrogens is 4. The topological polar surface area (TPSA) is 71.3 Å². The molecule has 0 radical (unpaired) electrons. The highest BCUT2D eigenvalue weighted by molar-refractivity contribution is 6.62. The first kappa shape index (κ1) is 18.2. The Kier molecular flexibility index (Phi) is 4.79. The number of hydrogen-bond acceptors (Lipinski definition) is 6. The smallest absolute Gasteiger partial charge is 0.487 e. The van der Waals surface area contributed by atoms with Gasteiger partial charge in [-0.1, -0.05) is 17.7 Å². The van der Waals surface area contributed by atoms with Crippen LogP contribution < -0.4 is 10.2 Å². The number of hydrogen-bond donors (Lipinski definition) is 0. The zero-order valence-corrected chi connectivity index (χ0v) is 15.8. The van der Waals surface area contributed by atoms with Gasteiger partial charge in [-0.2, -0.15) is 0 Å². The van der Waals surface area contributed by atoms with Gasteiger partial charge < -0.3 is 14.0 Å². The largest absolute Gasteiger partial charge is 0.494 e. The maximum Gasteiger partial charge on any atom is 0.494 e. The Hall–Kier alpha value is -1.64. The van der Waals surface area contributed by atoms with Crippen molar-refractivity contribution in [2.75, 3.05) is 0 Å². The molecule has 25 heavy (non-hydrogen) atoms. The molecule has 2 heterocycles. The lowest BCUT2D eigenvalue weighted by Crippen LogP contribution is -2.41. The second-order valence-electron chi connectivity index (χ2n) is 7.24. The SMILES string of the molecule is CC(Cn1cnnn1)Oc1cc(B2OC(C)(C)C(C)(C)O2)ccc1Cl. The lowest BCUT2D eigenvalue weighted by molar-refractivity contribution is 0.00578. The summed E-state index contributed by atoms with van der Waals surface area (Å²) in [6.45, 7) is 10.5. The van der Waals surface area contributed by atoms with E-state index in [2.05, 4.69) is 15.5 Å². The molecule has 1 unspecified atom stereocenters. The van der Waals surface area contributed by atoms with Crippen LogP contribution in [0, 0.1) is 0 Å². The van der Waals surface area contributed by atoms with Crippen molar-refractivity contribution in [2.45, 2.75) is 58.5 Å². The highest BCUT2D eigenvalue weighted by Gasteiger charge is 2.51. The van der Waals surface area contributed by atoms with Crippen LogP contribution in [0.1, 0.15) is 34.6 Å². The zero-order chi connectivity index (χ0) is 18.2. The predicted octanol–water partition coefficient (Wildman–Crippen LogP) is 2.09. The van der Waals surface area contributed by atoms with Crippen LogP contribution in [0.2, 0.25) is 5.02 Å². The highest BCUT2D eigenvalue weighted by atomic mass is 35.5. The first-order chi connectivity index (χ1) is 11.7. The Bertz CT molecular complexity index is 723. The van der Waals surface area contributed by atoms with Crippen LogP contribution in [-0.2, 0) is 15.9 Å². The van der Waals surface area contributed by atoms with Crippen molar-refractivity contribution in [3.63, 3.8) is 0 Å². The summed E-state index contributed by atoms with van der Waals surface area (Å²) in [4.78, 5) is 0. The molecule has 9 heteroatoms. The maximum absolute atomic E-state index is 6.29. The fourth-order valence-corrected chi connectivity index (χ4v) is 2.68. The van der Waals surface area contributed by atoms with Gasteiger partial charge in [0.1, 0.15) is 18.2 Å². The highest BCUT2D eigenvalue weighted by Crippen LogP contribution is 2.37. The molecular weight excluding hydrogens is 342 g/mol. The van der Waals surface area contributed by atoms with Gasteiger partial charge in [0.05, 0.1) is 22.8 Å². The van der Waals surface area contributed by atoms with Crippen molar-refractivity contribution in [3.05, 3.63) is 29.5 Å². The van der Waals surface area contributed by atoms with Gasteiger partial charge in [0.2, 0.25) is 0 Å². The monoisotopic (exact) mass is 364 g/mol. The van der Waals surface area contributed by atoms with E-state index >= 15 is 0 Å². The van der Waals surface area contributed by atoms with Crippen molar-refractivity contribution < 1.29 is 14.0 Å². The van der Waals surface area contributed by atoms with E-state index in [9.17, 15) is 0 Å². The minimum atomic E-state index is -0.459. The molecule has 1 aromatic heterocycles. The third-order valence-corrected chi connectivity index (χ3v) is 4.96. The number of ether oxygens (including phenoxy) is 1. The molecule has 0 amide bonds. The Morgan fingerprint density at radius 3 is 2.52 bits per heavy atom. The molecule has 0 aliphatic carbocycles. The summed E-state index contributed by atoms with van der Waals surface area (Å²) in [5, 5.41) is 11.6. The normalized spacial score (nSPS) is 19.8. The molecule has 0 saturated carbocycles. The van der Waals surface area contributed by atoms with Crippen LogP contribution in [0.5, 0.6) is 5.75 Å². The minimum absolute atomic E-state index is 0.158. The van der Waals surface area contributed by atoms with E-state index in [0.717, 1.165) is 5.46 Å². The number of rotatable bonds is 5. The Balaban J connectivity index is 1.75. The zero-order valence-electron chi connectivity index (χ0n) is 15.1. The molecule has 1 aromatic carbocycles. The van der Waals surface area contributed by atoms with Gasteiger partial charge in [-0.25, -0.2) is 4.68 Å². The fraction of sp³-hybridized carbons (Fsp3) is 0.562. The van der Waals surface area contributed by atoms with Crippen LogP contribution in [-0.4, -0.2) is 44.6 Å². The number of nitrogens with zero attached hydrogens (tertiary/aromatic N) is 4. The first-order valence-corrected chi connectivity index (χ1v) is 8.58. The van der Waals surface area contributed by atoms with E-state index in [1.54, 1.807) is 17.1 Å². The first-order valence-electron chi connectivity index (χ1n) is 8.20. The predicted molar refractivity (Wildman–Crippen MR) is 95.1 cm³/mol.